The number of benzene rings is 1. The highest BCUT2D eigenvalue weighted by Crippen LogP contribution is 2.32. The highest BCUT2D eigenvalue weighted by Gasteiger charge is 2.35. The Balaban J connectivity index is 1.68. The van der Waals surface area contributed by atoms with Gasteiger partial charge in [0.2, 0.25) is 0 Å². The van der Waals surface area contributed by atoms with Crippen molar-refractivity contribution in [1.29, 1.82) is 0 Å². The molecule has 0 saturated carbocycles. The predicted octanol–water partition coefficient (Wildman–Crippen LogP) is 2.17. The third-order valence-electron chi connectivity index (χ3n) is 5.14. The standard InChI is InChI=1S/C17H22N4O2S/c22-24(23)21(17-5-1-3-13-11-18-9-6-15(13)17)20-10-7-16-14(12-20)4-2-8-19-16/h1,3,5-6,9,11,14,16,19H,2,4,7-8,10,12H2,(H,22,23). The molecule has 0 bridgehead atoms. The first kappa shape index (κ1) is 16.0. The van der Waals surface area contributed by atoms with Crippen molar-refractivity contribution in [2.45, 2.75) is 25.3 Å². The molecule has 128 valence electrons. The smallest absolute Gasteiger partial charge is 0.277 e. The molecule has 6 nitrogen and oxygen atoms in total. The molecular weight excluding hydrogens is 324 g/mol. The van der Waals surface area contributed by atoms with Crippen LogP contribution in [0.5, 0.6) is 0 Å². The Hall–Kier alpha value is -1.54. The maximum absolute atomic E-state index is 12.2. The minimum atomic E-state index is -2.10. The number of nitrogens with zero attached hydrogens (tertiary/aromatic N) is 3. The number of fused-ring (bicyclic) bond motifs is 2. The molecule has 24 heavy (non-hydrogen) atoms. The van der Waals surface area contributed by atoms with Crippen LogP contribution in [0, 0.1) is 5.92 Å². The highest BCUT2D eigenvalue weighted by molar-refractivity contribution is 7.80. The van der Waals surface area contributed by atoms with Gasteiger partial charge < -0.3 is 5.32 Å². The SMILES string of the molecule is O=S(O)N(c1cccc2cnccc12)N1CCC2NCCCC2C1. The molecule has 2 N–H and O–H groups in total. The summed E-state index contributed by atoms with van der Waals surface area (Å²) in [4.78, 5) is 4.15. The van der Waals surface area contributed by atoms with Crippen LogP contribution in [0.1, 0.15) is 19.3 Å². The van der Waals surface area contributed by atoms with Crippen molar-refractivity contribution in [3.63, 3.8) is 0 Å². The molecule has 3 unspecified atom stereocenters. The van der Waals surface area contributed by atoms with Gasteiger partial charge in [-0.15, -0.1) is 0 Å². The Morgan fingerprint density at radius 1 is 1.33 bits per heavy atom. The van der Waals surface area contributed by atoms with E-state index in [9.17, 15) is 8.76 Å². The number of hydrogen-bond acceptors (Lipinski definition) is 4. The van der Waals surface area contributed by atoms with Gasteiger partial charge in [0.05, 0.1) is 5.69 Å². The van der Waals surface area contributed by atoms with Gasteiger partial charge in [-0.3, -0.25) is 9.54 Å². The lowest BCUT2D eigenvalue weighted by atomic mass is 9.86. The van der Waals surface area contributed by atoms with E-state index < -0.39 is 11.3 Å². The van der Waals surface area contributed by atoms with Gasteiger partial charge in [-0.05, 0) is 43.9 Å². The zero-order valence-electron chi connectivity index (χ0n) is 13.5. The molecule has 0 aliphatic carbocycles. The monoisotopic (exact) mass is 346 g/mol. The average Bonchev–Trinajstić information content (AvgIpc) is 2.62. The number of rotatable bonds is 3. The van der Waals surface area contributed by atoms with Gasteiger partial charge in [-0.25, -0.2) is 9.22 Å². The maximum Gasteiger partial charge on any atom is 0.277 e. The third kappa shape index (κ3) is 2.93. The number of anilines is 1. The van der Waals surface area contributed by atoms with Crippen molar-refractivity contribution in [3.05, 3.63) is 36.7 Å². The fourth-order valence-corrected chi connectivity index (χ4v) is 4.67. The number of hydrazine groups is 1. The van der Waals surface area contributed by atoms with Gasteiger partial charge in [0.15, 0.2) is 0 Å². The van der Waals surface area contributed by atoms with E-state index in [1.54, 1.807) is 16.8 Å². The lowest BCUT2D eigenvalue weighted by molar-refractivity contribution is 0.119. The summed E-state index contributed by atoms with van der Waals surface area (Å²) in [6.07, 6.45) is 6.87. The van der Waals surface area contributed by atoms with Crippen molar-refractivity contribution >= 4 is 27.7 Å². The van der Waals surface area contributed by atoms with Gasteiger partial charge in [0, 0.05) is 42.3 Å². The average molecular weight is 346 g/mol. The Morgan fingerprint density at radius 3 is 3.12 bits per heavy atom. The largest absolute Gasteiger partial charge is 0.314 e. The topological polar surface area (TPSA) is 68.7 Å². The van der Waals surface area contributed by atoms with Crippen LogP contribution in [0.4, 0.5) is 5.69 Å². The summed E-state index contributed by atoms with van der Waals surface area (Å²) < 4.78 is 23.7. The van der Waals surface area contributed by atoms with Crippen LogP contribution in [-0.2, 0) is 11.3 Å². The normalized spacial score (nSPS) is 26.0. The molecular formula is C17H22N4O2S. The summed E-state index contributed by atoms with van der Waals surface area (Å²) in [5.74, 6) is 0.537. The van der Waals surface area contributed by atoms with Gasteiger partial charge >= 0.3 is 0 Å². The fourth-order valence-electron chi connectivity index (χ4n) is 4.00. The van der Waals surface area contributed by atoms with Crippen molar-refractivity contribution in [3.8, 4) is 0 Å². The minimum Gasteiger partial charge on any atom is -0.314 e. The number of hydrogen-bond donors (Lipinski definition) is 2. The molecule has 2 aliphatic heterocycles. The molecule has 2 aliphatic rings. The molecule has 2 fully saturated rings. The summed E-state index contributed by atoms with van der Waals surface area (Å²) in [7, 11) is 0. The summed E-state index contributed by atoms with van der Waals surface area (Å²) in [6.45, 7) is 2.68. The van der Waals surface area contributed by atoms with Gasteiger partial charge in [-0.1, -0.05) is 12.1 Å². The lowest BCUT2D eigenvalue weighted by Gasteiger charge is -2.45. The van der Waals surface area contributed by atoms with Crippen LogP contribution in [0.2, 0.25) is 0 Å². The lowest BCUT2D eigenvalue weighted by Crippen LogP contribution is -2.57. The fraction of sp³-hybridized carbons (Fsp3) is 0.471. The molecule has 3 heterocycles. The van der Waals surface area contributed by atoms with E-state index in [1.165, 1.54) is 12.8 Å². The molecule has 1 aromatic heterocycles. The highest BCUT2D eigenvalue weighted by atomic mass is 32.2. The predicted molar refractivity (Wildman–Crippen MR) is 95.7 cm³/mol. The Morgan fingerprint density at radius 2 is 2.25 bits per heavy atom. The van der Waals surface area contributed by atoms with E-state index in [0.717, 1.165) is 42.5 Å². The van der Waals surface area contributed by atoms with Crippen molar-refractivity contribution in [1.82, 2.24) is 15.3 Å². The van der Waals surface area contributed by atoms with E-state index in [0.29, 0.717) is 12.0 Å². The van der Waals surface area contributed by atoms with E-state index in [4.69, 9.17) is 0 Å². The van der Waals surface area contributed by atoms with Gasteiger partial charge in [0.25, 0.3) is 11.3 Å². The second-order valence-electron chi connectivity index (χ2n) is 6.54. The maximum atomic E-state index is 12.2. The van der Waals surface area contributed by atoms with Gasteiger partial charge in [-0.2, -0.15) is 4.41 Å². The molecule has 4 rings (SSSR count). The molecule has 0 amide bonds. The number of aromatic nitrogens is 1. The van der Waals surface area contributed by atoms with Gasteiger partial charge in [0.1, 0.15) is 0 Å². The Bertz CT molecular complexity index is 751. The first-order valence-corrected chi connectivity index (χ1v) is 9.52. The van der Waals surface area contributed by atoms with E-state index in [2.05, 4.69) is 10.3 Å². The van der Waals surface area contributed by atoms with Crippen molar-refractivity contribution in [2.75, 3.05) is 24.0 Å². The number of nitrogens with one attached hydrogen (secondary N) is 1. The minimum absolute atomic E-state index is 0.537. The first-order valence-electron chi connectivity index (χ1n) is 8.46. The molecule has 2 aromatic rings. The van der Waals surface area contributed by atoms with Crippen LogP contribution >= 0.6 is 0 Å². The summed E-state index contributed by atoms with van der Waals surface area (Å²) in [5, 5.41) is 7.54. The van der Waals surface area contributed by atoms with Crippen LogP contribution in [-0.4, -0.2) is 44.4 Å². The van der Waals surface area contributed by atoms with E-state index in [-0.39, 0.29) is 0 Å². The molecule has 0 spiro atoms. The van der Waals surface area contributed by atoms with Crippen molar-refractivity contribution < 1.29 is 8.76 Å². The second kappa shape index (κ2) is 6.76. The molecule has 3 atom stereocenters. The van der Waals surface area contributed by atoms with E-state index >= 15 is 0 Å². The first-order chi connectivity index (χ1) is 11.7. The number of piperidine rings is 2. The van der Waals surface area contributed by atoms with Crippen molar-refractivity contribution in [2.24, 2.45) is 5.92 Å². The Kier molecular flexibility index (Phi) is 4.49. The quantitative estimate of drug-likeness (QED) is 0.834. The molecule has 0 radical (unpaired) electrons. The molecule has 2 saturated heterocycles. The number of pyridine rings is 1. The molecule has 1 aromatic carbocycles. The second-order valence-corrected chi connectivity index (χ2v) is 7.35. The summed E-state index contributed by atoms with van der Waals surface area (Å²) in [5.41, 5.74) is 0.762. The van der Waals surface area contributed by atoms with E-state index in [1.807, 2.05) is 29.3 Å². The van der Waals surface area contributed by atoms with Crippen LogP contribution < -0.4 is 9.73 Å². The Labute approximate surface area is 144 Å². The molecule has 7 heteroatoms. The zero-order chi connectivity index (χ0) is 16.5. The van der Waals surface area contributed by atoms with Crippen LogP contribution in [0.25, 0.3) is 10.8 Å². The zero-order valence-corrected chi connectivity index (χ0v) is 14.3. The third-order valence-corrected chi connectivity index (χ3v) is 5.86. The summed E-state index contributed by atoms with van der Waals surface area (Å²) in [6, 6.07) is 8.23. The van der Waals surface area contributed by atoms with Crippen LogP contribution in [0.3, 0.4) is 0 Å². The van der Waals surface area contributed by atoms with Crippen LogP contribution in [0.15, 0.2) is 36.7 Å². The summed E-state index contributed by atoms with van der Waals surface area (Å²) >= 11 is -2.10.